The highest BCUT2D eigenvalue weighted by Crippen LogP contribution is 2.07. The van der Waals surface area contributed by atoms with Crippen LogP contribution in [0.2, 0.25) is 0 Å². The maximum absolute atomic E-state index is 12.1. The van der Waals surface area contributed by atoms with E-state index in [9.17, 15) is 4.79 Å². The molecule has 1 N–H and O–H groups in total. The van der Waals surface area contributed by atoms with Gasteiger partial charge in [-0.3, -0.25) is 4.79 Å². The molecule has 0 heterocycles. The van der Waals surface area contributed by atoms with Crippen molar-refractivity contribution in [2.24, 2.45) is 0 Å². The Kier molecular flexibility index (Phi) is 8.14. The van der Waals surface area contributed by atoms with E-state index in [1.165, 1.54) is 0 Å². The summed E-state index contributed by atoms with van der Waals surface area (Å²) >= 11 is 2.24. The molecule has 0 aliphatic rings. The molecule has 0 saturated heterocycles. The molecule has 0 aliphatic heterocycles. The van der Waals surface area contributed by atoms with Gasteiger partial charge in [0.05, 0.1) is 0 Å². The lowest BCUT2D eigenvalue weighted by molar-refractivity contribution is 0.0937. The molecule has 1 aromatic carbocycles. The van der Waals surface area contributed by atoms with Gasteiger partial charge < -0.3 is 10.2 Å². The molecule has 1 atom stereocenters. The Morgan fingerprint density at radius 1 is 1.25 bits per heavy atom. The Balaban J connectivity index is 2.33. The quantitative estimate of drug-likeness (QED) is 0.691. The Morgan fingerprint density at radius 2 is 1.85 bits per heavy atom. The van der Waals surface area contributed by atoms with Crippen molar-refractivity contribution >= 4 is 28.5 Å². The number of carbonyl (C=O) groups is 1. The van der Waals surface area contributed by atoms with E-state index in [2.05, 4.69) is 53.6 Å². The third-order valence-electron chi connectivity index (χ3n) is 3.49. The summed E-state index contributed by atoms with van der Waals surface area (Å²) < 4.78 is 1.14. The van der Waals surface area contributed by atoms with Crippen molar-refractivity contribution in [2.75, 3.05) is 19.6 Å². The van der Waals surface area contributed by atoms with Gasteiger partial charge in [-0.25, -0.2) is 0 Å². The average molecular weight is 388 g/mol. The monoisotopic (exact) mass is 388 g/mol. The van der Waals surface area contributed by atoms with E-state index in [0.717, 1.165) is 41.6 Å². The molecule has 1 unspecified atom stereocenters. The molecule has 4 heteroatoms. The number of nitrogens with one attached hydrogen (secondary N) is 1. The van der Waals surface area contributed by atoms with Crippen LogP contribution in [0.1, 0.15) is 44.0 Å². The normalized spacial score (nSPS) is 12.4. The van der Waals surface area contributed by atoms with Gasteiger partial charge in [-0.15, -0.1) is 0 Å². The van der Waals surface area contributed by atoms with Gasteiger partial charge >= 0.3 is 0 Å². The van der Waals surface area contributed by atoms with Crippen molar-refractivity contribution in [1.29, 1.82) is 0 Å². The molecule has 0 fully saturated rings. The van der Waals surface area contributed by atoms with E-state index in [-0.39, 0.29) is 11.9 Å². The van der Waals surface area contributed by atoms with Gasteiger partial charge in [0.1, 0.15) is 0 Å². The first kappa shape index (κ1) is 17.4. The highest BCUT2D eigenvalue weighted by molar-refractivity contribution is 14.1. The van der Waals surface area contributed by atoms with Crippen LogP contribution in [-0.2, 0) is 0 Å². The summed E-state index contributed by atoms with van der Waals surface area (Å²) in [7, 11) is 0. The molecule has 0 aromatic heterocycles. The van der Waals surface area contributed by atoms with Gasteiger partial charge in [0.25, 0.3) is 5.91 Å². The van der Waals surface area contributed by atoms with Crippen LogP contribution in [0, 0.1) is 3.57 Å². The maximum Gasteiger partial charge on any atom is 0.251 e. The standard InChI is InChI=1S/C16H25IN2O/c1-4-19(5-2)12-6-7-13(3)18-16(20)14-8-10-15(17)11-9-14/h8-11,13H,4-7,12H2,1-3H3,(H,18,20). The van der Waals surface area contributed by atoms with Crippen LogP contribution in [0.15, 0.2) is 24.3 Å². The van der Waals surface area contributed by atoms with Crippen molar-refractivity contribution in [3.63, 3.8) is 0 Å². The summed E-state index contributed by atoms with van der Waals surface area (Å²) in [4.78, 5) is 14.5. The molecule has 3 nitrogen and oxygen atoms in total. The Bertz CT molecular complexity index is 401. The highest BCUT2D eigenvalue weighted by Gasteiger charge is 2.10. The minimum Gasteiger partial charge on any atom is -0.350 e. The topological polar surface area (TPSA) is 32.3 Å². The molecule has 1 rings (SSSR count). The van der Waals surface area contributed by atoms with E-state index in [1.807, 2.05) is 24.3 Å². The molecule has 1 aromatic rings. The lowest BCUT2D eigenvalue weighted by atomic mass is 10.1. The van der Waals surface area contributed by atoms with Crippen molar-refractivity contribution in [2.45, 2.75) is 39.7 Å². The van der Waals surface area contributed by atoms with Crippen molar-refractivity contribution in [3.05, 3.63) is 33.4 Å². The summed E-state index contributed by atoms with van der Waals surface area (Å²) in [5.41, 5.74) is 0.737. The van der Waals surface area contributed by atoms with Gasteiger partial charge in [0.15, 0.2) is 0 Å². The molecule has 1 amide bonds. The van der Waals surface area contributed by atoms with Gasteiger partial charge in [-0.2, -0.15) is 0 Å². The lowest BCUT2D eigenvalue weighted by Crippen LogP contribution is -2.33. The van der Waals surface area contributed by atoms with Crippen molar-refractivity contribution < 1.29 is 4.79 Å². The fourth-order valence-corrected chi connectivity index (χ4v) is 2.50. The van der Waals surface area contributed by atoms with Crippen LogP contribution in [0.5, 0.6) is 0 Å². The third kappa shape index (κ3) is 6.22. The van der Waals surface area contributed by atoms with Crippen LogP contribution >= 0.6 is 22.6 Å². The summed E-state index contributed by atoms with van der Waals surface area (Å²) in [6.07, 6.45) is 2.14. The van der Waals surface area contributed by atoms with Gasteiger partial charge in [-0.05, 0) is 86.3 Å². The Hall–Kier alpha value is -0.620. The highest BCUT2D eigenvalue weighted by atomic mass is 127. The SMILES string of the molecule is CCN(CC)CCCC(C)NC(=O)c1ccc(I)cc1. The molecule has 20 heavy (non-hydrogen) atoms. The first-order chi connectivity index (χ1) is 9.56. The number of amides is 1. The molecule has 0 saturated carbocycles. The number of carbonyl (C=O) groups excluding carboxylic acids is 1. The predicted octanol–water partition coefficient (Wildman–Crippen LogP) is 3.53. The van der Waals surface area contributed by atoms with Crippen LogP contribution in [0.25, 0.3) is 0 Å². The number of halogens is 1. The van der Waals surface area contributed by atoms with E-state index in [4.69, 9.17) is 0 Å². The molecule has 0 bridgehead atoms. The van der Waals surface area contributed by atoms with Gasteiger partial charge in [0.2, 0.25) is 0 Å². The van der Waals surface area contributed by atoms with Crippen LogP contribution in [0.3, 0.4) is 0 Å². The van der Waals surface area contributed by atoms with E-state index < -0.39 is 0 Å². The summed E-state index contributed by atoms with van der Waals surface area (Å²) in [5, 5.41) is 3.07. The van der Waals surface area contributed by atoms with Gasteiger partial charge in [0, 0.05) is 15.2 Å². The van der Waals surface area contributed by atoms with Crippen molar-refractivity contribution in [3.8, 4) is 0 Å². The maximum atomic E-state index is 12.1. The molecular weight excluding hydrogens is 363 g/mol. The Morgan fingerprint density at radius 3 is 2.40 bits per heavy atom. The molecule has 112 valence electrons. The fraction of sp³-hybridized carbons (Fsp3) is 0.562. The zero-order chi connectivity index (χ0) is 15.0. The van der Waals surface area contributed by atoms with Crippen LogP contribution in [0.4, 0.5) is 0 Å². The van der Waals surface area contributed by atoms with Crippen LogP contribution in [-0.4, -0.2) is 36.5 Å². The van der Waals surface area contributed by atoms with Crippen LogP contribution < -0.4 is 5.32 Å². The number of benzene rings is 1. The van der Waals surface area contributed by atoms with Gasteiger partial charge in [-0.1, -0.05) is 13.8 Å². The molecule has 0 spiro atoms. The minimum absolute atomic E-state index is 0.0248. The van der Waals surface area contributed by atoms with Crippen molar-refractivity contribution in [1.82, 2.24) is 10.2 Å². The summed E-state index contributed by atoms with van der Waals surface area (Å²) in [6, 6.07) is 7.89. The molecule has 0 aliphatic carbocycles. The molecular formula is C16H25IN2O. The number of hydrogen-bond acceptors (Lipinski definition) is 2. The van der Waals surface area contributed by atoms with E-state index in [1.54, 1.807) is 0 Å². The summed E-state index contributed by atoms with van der Waals surface area (Å²) in [5.74, 6) is 0.0248. The molecule has 0 radical (unpaired) electrons. The van der Waals surface area contributed by atoms with E-state index >= 15 is 0 Å². The second-order valence-corrected chi connectivity index (χ2v) is 6.30. The zero-order valence-electron chi connectivity index (χ0n) is 12.7. The number of nitrogens with zero attached hydrogens (tertiary/aromatic N) is 1. The minimum atomic E-state index is 0.0248. The second kappa shape index (κ2) is 9.34. The Labute approximate surface area is 136 Å². The number of hydrogen-bond donors (Lipinski definition) is 1. The first-order valence-electron chi connectivity index (χ1n) is 7.35. The first-order valence-corrected chi connectivity index (χ1v) is 8.43. The third-order valence-corrected chi connectivity index (χ3v) is 4.21. The average Bonchev–Trinajstić information content (AvgIpc) is 2.44. The smallest absolute Gasteiger partial charge is 0.251 e. The fourth-order valence-electron chi connectivity index (χ4n) is 2.14. The predicted molar refractivity (Wildman–Crippen MR) is 93.1 cm³/mol. The largest absolute Gasteiger partial charge is 0.350 e. The zero-order valence-corrected chi connectivity index (χ0v) is 14.8. The second-order valence-electron chi connectivity index (χ2n) is 5.05. The lowest BCUT2D eigenvalue weighted by Gasteiger charge is -2.19. The summed E-state index contributed by atoms with van der Waals surface area (Å²) in [6.45, 7) is 9.75. The van der Waals surface area contributed by atoms with E-state index in [0.29, 0.717) is 0 Å². The number of rotatable bonds is 8.